The SMILES string of the molecule is COc1cc(Br)ccc1C(=O)NOCC(C)C. The van der Waals surface area contributed by atoms with Crippen LogP contribution >= 0.6 is 15.9 Å². The molecule has 0 radical (unpaired) electrons. The van der Waals surface area contributed by atoms with Gasteiger partial charge in [0, 0.05) is 4.47 Å². The van der Waals surface area contributed by atoms with Crippen LogP contribution < -0.4 is 10.2 Å². The molecular formula is C12H16BrNO3. The summed E-state index contributed by atoms with van der Waals surface area (Å²) in [6.45, 7) is 4.49. The zero-order valence-electron chi connectivity index (χ0n) is 10.1. The van der Waals surface area contributed by atoms with Crippen LogP contribution in [0.5, 0.6) is 5.75 Å². The Morgan fingerprint density at radius 1 is 1.47 bits per heavy atom. The Labute approximate surface area is 109 Å². The number of halogens is 1. The van der Waals surface area contributed by atoms with Crippen molar-refractivity contribution in [1.82, 2.24) is 5.48 Å². The van der Waals surface area contributed by atoms with Crippen LogP contribution in [0.15, 0.2) is 22.7 Å². The first-order chi connectivity index (χ1) is 8.04. The van der Waals surface area contributed by atoms with E-state index in [1.165, 1.54) is 7.11 Å². The van der Waals surface area contributed by atoms with Gasteiger partial charge in [0.25, 0.3) is 5.91 Å². The lowest BCUT2D eigenvalue weighted by atomic mass is 10.2. The van der Waals surface area contributed by atoms with Crippen molar-refractivity contribution in [2.75, 3.05) is 13.7 Å². The van der Waals surface area contributed by atoms with Gasteiger partial charge in [-0.1, -0.05) is 29.8 Å². The van der Waals surface area contributed by atoms with Gasteiger partial charge in [0.05, 0.1) is 19.3 Å². The number of nitrogens with one attached hydrogen (secondary N) is 1. The monoisotopic (exact) mass is 301 g/mol. The highest BCUT2D eigenvalue weighted by Crippen LogP contribution is 2.23. The lowest BCUT2D eigenvalue weighted by molar-refractivity contribution is 0.0207. The van der Waals surface area contributed by atoms with E-state index >= 15 is 0 Å². The van der Waals surface area contributed by atoms with Gasteiger partial charge in [-0.3, -0.25) is 9.63 Å². The first-order valence-electron chi connectivity index (χ1n) is 5.30. The molecule has 0 aliphatic rings. The van der Waals surface area contributed by atoms with Crippen molar-refractivity contribution in [3.05, 3.63) is 28.2 Å². The summed E-state index contributed by atoms with van der Waals surface area (Å²) in [5.74, 6) is 0.558. The lowest BCUT2D eigenvalue weighted by Gasteiger charge is -2.10. The molecule has 0 spiro atoms. The minimum atomic E-state index is -0.310. The van der Waals surface area contributed by atoms with Crippen LogP contribution in [0.1, 0.15) is 24.2 Å². The maximum atomic E-state index is 11.8. The summed E-state index contributed by atoms with van der Waals surface area (Å²) < 4.78 is 5.98. The number of methoxy groups -OCH3 is 1. The normalized spacial score (nSPS) is 10.4. The molecular weight excluding hydrogens is 286 g/mol. The summed E-state index contributed by atoms with van der Waals surface area (Å²) in [5.41, 5.74) is 2.83. The molecule has 0 saturated heterocycles. The molecule has 0 bridgehead atoms. The number of amides is 1. The Balaban J connectivity index is 2.68. The van der Waals surface area contributed by atoms with Crippen LogP contribution in [0.2, 0.25) is 0 Å². The number of hydroxylamine groups is 1. The average molecular weight is 302 g/mol. The maximum absolute atomic E-state index is 11.8. The van der Waals surface area contributed by atoms with Crippen LogP contribution in [0.3, 0.4) is 0 Å². The molecule has 0 saturated carbocycles. The first-order valence-corrected chi connectivity index (χ1v) is 6.09. The predicted molar refractivity (Wildman–Crippen MR) is 69.0 cm³/mol. The highest BCUT2D eigenvalue weighted by atomic mass is 79.9. The van der Waals surface area contributed by atoms with E-state index in [2.05, 4.69) is 21.4 Å². The number of ether oxygens (including phenoxy) is 1. The summed E-state index contributed by atoms with van der Waals surface area (Å²) in [7, 11) is 1.52. The van der Waals surface area contributed by atoms with Crippen LogP contribution in [0.4, 0.5) is 0 Å². The van der Waals surface area contributed by atoms with Crippen LogP contribution in [0.25, 0.3) is 0 Å². The molecule has 0 heterocycles. The third-order valence-corrected chi connectivity index (χ3v) is 2.48. The second kappa shape index (κ2) is 6.61. The second-order valence-corrected chi connectivity index (χ2v) is 4.90. The molecule has 0 fully saturated rings. The van der Waals surface area contributed by atoms with Crippen molar-refractivity contribution in [3.8, 4) is 5.75 Å². The Bertz CT molecular complexity index is 393. The van der Waals surface area contributed by atoms with Gasteiger partial charge in [-0.15, -0.1) is 0 Å². The fraction of sp³-hybridized carbons (Fsp3) is 0.417. The largest absolute Gasteiger partial charge is 0.496 e. The van der Waals surface area contributed by atoms with Gasteiger partial charge in [0.1, 0.15) is 5.75 Å². The Hall–Kier alpha value is -1.07. The van der Waals surface area contributed by atoms with Crippen molar-refractivity contribution in [1.29, 1.82) is 0 Å². The van der Waals surface area contributed by atoms with Gasteiger partial charge in [-0.05, 0) is 24.1 Å². The van der Waals surface area contributed by atoms with Gasteiger partial charge in [-0.2, -0.15) is 0 Å². The molecule has 0 aliphatic heterocycles. The molecule has 0 unspecified atom stereocenters. The number of rotatable bonds is 5. The van der Waals surface area contributed by atoms with Crippen LogP contribution in [-0.2, 0) is 4.84 Å². The Morgan fingerprint density at radius 3 is 2.76 bits per heavy atom. The number of benzene rings is 1. The summed E-state index contributed by atoms with van der Waals surface area (Å²) >= 11 is 3.31. The minimum Gasteiger partial charge on any atom is -0.496 e. The molecule has 94 valence electrons. The number of hydrogen-bond donors (Lipinski definition) is 1. The highest BCUT2D eigenvalue weighted by molar-refractivity contribution is 9.10. The van der Waals surface area contributed by atoms with Crippen LogP contribution in [0, 0.1) is 5.92 Å². The fourth-order valence-electron chi connectivity index (χ4n) is 1.18. The molecule has 0 aliphatic carbocycles. The van der Waals surface area contributed by atoms with E-state index in [1.807, 2.05) is 13.8 Å². The molecule has 17 heavy (non-hydrogen) atoms. The fourth-order valence-corrected chi connectivity index (χ4v) is 1.52. The number of carbonyl (C=O) groups is 1. The van der Waals surface area contributed by atoms with Crippen molar-refractivity contribution in [2.45, 2.75) is 13.8 Å². The van der Waals surface area contributed by atoms with Gasteiger partial charge in [0.2, 0.25) is 0 Å². The quantitative estimate of drug-likeness (QED) is 0.851. The molecule has 1 N–H and O–H groups in total. The van der Waals surface area contributed by atoms with E-state index < -0.39 is 0 Å². The number of carbonyl (C=O) groups excluding carboxylic acids is 1. The first kappa shape index (κ1) is 14.0. The van der Waals surface area contributed by atoms with E-state index in [0.29, 0.717) is 23.8 Å². The Kier molecular flexibility index (Phi) is 5.44. The van der Waals surface area contributed by atoms with Crippen molar-refractivity contribution in [2.24, 2.45) is 5.92 Å². The summed E-state index contributed by atoms with van der Waals surface area (Å²) in [6, 6.07) is 5.19. The number of hydrogen-bond acceptors (Lipinski definition) is 3. The minimum absolute atomic E-state index is 0.310. The highest BCUT2D eigenvalue weighted by Gasteiger charge is 2.12. The maximum Gasteiger partial charge on any atom is 0.278 e. The molecule has 5 heteroatoms. The Morgan fingerprint density at radius 2 is 2.18 bits per heavy atom. The molecule has 1 amide bonds. The molecule has 4 nitrogen and oxygen atoms in total. The lowest BCUT2D eigenvalue weighted by Crippen LogP contribution is -2.26. The van der Waals surface area contributed by atoms with E-state index in [4.69, 9.17) is 9.57 Å². The third kappa shape index (κ3) is 4.36. The zero-order valence-corrected chi connectivity index (χ0v) is 11.7. The van der Waals surface area contributed by atoms with E-state index in [0.717, 1.165) is 4.47 Å². The van der Waals surface area contributed by atoms with E-state index in [-0.39, 0.29) is 5.91 Å². The van der Waals surface area contributed by atoms with Gasteiger partial charge in [-0.25, -0.2) is 5.48 Å². The van der Waals surface area contributed by atoms with E-state index in [1.54, 1.807) is 18.2 Å². The average Bonchev–Trinajstić information content (AvgIpc) is 2.28. The topological polar surface area (TPSA) is 47.6 Å². The van der Waals surface area contributed by atoms with Crippen molar-refractivity contribution < 1.29 is 14.4 Å². The molecule has 1 rings (SSSR count). The third-order valence-electron chi connectivity index (χ3n) is 1.99. The van der Waals surface area contributed by atoms with Crippen molar-refractivity contribution in [3.63, 3.8) is 0 Å². The van der Waals surface area contributed by atoms with Gasteiger partial charge < -0.3 is 4.74 Å². The van der Waals surface area contributed by atoms with Gasteiger partial charge in [0.15, 0.2) is 0 Å². The van der Waals surface area contributed by atoms with Gasteiger partial charge >= 0.3 is 0 Å². The summed E-state index contributed by atoms with van der Waals surface area (Å²) in [4.78, 5) is 16.9. The molecule has 1 aromatic rings. The summed E-state index contributed by atoms with van der Waals surface area (Å²) in [6.07, 6.45) is 0. The predicted octanol–water partition coefficient (Wildman–Crippen LogP) is 2.78. The standard InChI is InChI=1S/C12H16BrNO3/c1-8(2)7-17-14-12(15)10-5-4-9(13)6-11(10)16-3/h4-6,8H,7H2,1-3H3,(H,14,15). The zero-order chi connectivity index (χ0) is 12.8. The second-order valence-electron chi connectivity index (χ2n) is 3.98. The molecule has 0 atom stereocenters. The summed E-state index contributed by atoms with van der Waals surface area (Å²) in [5, 5.41) is 0. The van der Waals surface area contributed by atoms with Crippen molar-refractivity contribution >= 4 is 21.8 Å². The van der Waals surface area contributed by atoms with E-state index in [9.17, 15) is 4.79 Å². The van der Waals surface area contributed by atoms with Crippen LogP contribution in [-0.4, -0.2) is 19.6 Å². The molecule has 0 aromatic heterocycles. The molecule has 1 aromatic carbocycles. The smallest absolute Gasteiger partial charge is 0.278 e.